The van der Waals surface area contributed by atoms with Crippen LogP contribution in [0.5, 0.6) is 0 Å². The fourth-order valence-corrected chi connectivity index (χ4v) is 2.60. The summed E-state index contributed by atoms with van der Waals surface area (Å²) in [5, 5.41) is 6.67. The number of benzene rings is 1. The van der Waals surface area contributed by atoms with Gasteiger partial charge >= 0.3 is 6.09 Å². The van der Waals surface area contributed by atoms with Gasteiger partial charge in [0.1, 0.15) is 11.4 Å². The summed E-state index contributed by atoms with van der Waals surface area (Å²) in [6, 6.07) is 5.94. The molecule has 1 aliphatic rings. The molecule has 1 aromatic carbocycles. The van der Waals surface area contributed by atoms with E-state index in [1.807, 2.05) is 32.9 Å². The number of aromatic amines is 1. The Morgan fingerprint density at radius 1 is 1.41 bits per heavy atom. The summed E-state index contributed by atoms with van der Waals surface area (Å²) in [4.78, 5) is 13.9. The van der Waals surface area contributed by atoms with Crippen LogP contribution in [0, 0.1) is 0 Å². The quantitative estimate of drug-likeness (QED) is 0.848. The van der Waals surface area contributed by atoms with Crippen LogP contribution in [0.1, 0.15) is 26.3 Å². The predicted octanol–water partition coefficient (Wildman–Crippen LogP) is 2.96. The Labute approximate surface area is 129 Å². The number of carbonyl (C=O) groups excluding carboxylic acids is 1. The van der Waals surface area contributed by atoms with E-state index in [4.69, 9.17) is 10.5 Å². The Morgan fingerprint density at radius 3 is 2.82 bits per heavy atom. The number of hydrogen-bond donors (Lipinski definition) is 2. The summed E-state index contributed by atoms with van der Waals surface area (Å²) in [5.74, 6) is 0.543. The number of nitrogens with two attached hydrogens (primary N) is 1. The molecule has 0 saturated heterocycles. The maximum Gasteiger partial charge on any atom is 0.414 e. The van der Waals surface area contributed by atoms with Crippen molar-refractivity contribution in [2.24, 2.45) is 0 Å². The number of nitrogen functional groups attached to an aromatic ring is 1. The van der Waals surface area contributed by atoms with Crippen molar-refractivity contribution in [2.75, 3.05) is 17.2 Å². The van der Waals surface area contributed by atoms with Crippen LogP contribution in [0.4, 0.5) is 16.3 Å². The van der Waals surface area contributed by atoms with Crippen LogP contribution in [0.2, 0.25) is 0 Å². The Hall–Kier alpha value is -2.50. The minimum atomic E-state index is -0.495. The average Bonchev–Trinajstić information content (AvgIpc) is 3.01. The number of nitrogens with one attached hydrogen (secondary N) is 1. The first-order valence-electron chi connectivity index (χ1n) is 7.28. The molecular formula is C16H20N4O2. The molecule has 3 rings (SSSR count). The highest BCUT2D eigenvalue weighted by atomic mass is 16.6. The second kappa shape index (κ2) is 5.05. The van der Waals surface area contributed by atoms with Gasteiger partial charge in [0.05, 0.1) is 11.9 Å². The molecule has 0 fully saturated rings. The fraction of sp³-hybridized carbons (Fsp3) is 0.375. The van der Waals surface area contributed by atoms with Crippen LogP contribution in [0.3, 0.4) is 0 Å². The topological polar surface area (TPSA) is 84.2 Å². The zero-order chi connectivity index (χ0) is 15.9. The Balaban J connectivity index is 1.87. The number of amides is 1. The first-order chi connectivity index (χ1) is 10.3. The van der Waals surface area contributed by atoms with Gasteiger partial charge in [-0.2, -0.15) is 5.10 Å². The first kappa shape index (κ1) is 14.4. The number of rotatable bonds is 1. The number of H-pyrrole nitrogens is 1. The van der Waals surface area contributed by atoms with Crippen molar-refractivity contribution in [1.29, 1.82) is 0 Å². The van der Waals surface area contributed by atoms with Gasteiger partial charge in [-0.25, -0.2) is 4.79 Å². The third-order valence-corrected chi connectivity index (χ3v) is 3.57. The number of ether oxygens (including phenoxy) is 1. The third kappa shape index (κ3) is 2.64. The van der Waals surface area contributed by atoms with Crippen LogP contribution in [0.25, 0.3) is 11.1 Å². The van der Waals surface area contributed by atoms with Gasteiger partial charge in [0.15, 0.2) is 0 Å². The number of fused-ring (bicyclic) bond motifs is 1. The Kier molecular flexibility index (Phi) is 3.31. The lowest BCUT2D eigenvalue weighted by molar-refractivity contribution is 0.0584. The zero-order valence-electron chi connectivity index (χ0n) is 13.0. The van der Waals surface area contributed by atoms with Crippen molar-refractivity contribution < 1.29 is 9.53 Å². The normalized spacial score (nSPS) is 14.0. The lowest BCUT2D eigenvalue weighted by Gasteiger charge is -2.24. The molecule has 0 atom stereocenters. The summed E-state index contributed by atoms with van der Waals surface area (Å²) in [6.45, 7) is 6.24. The summed E-state index contributed by atoms with van der Waals surface area (Å²) in [7, 11) is 0. The number of aromatic nitrogens is 2. The molecular weight excluding hydrogens is 280 g/mol. The molecule has 0 saturated carbocycles. The molecule has 1 aromatic heterocycles. The van der Waals surface area contributed by atoms with Crippen LogP contribution >= 0.6 is 0 Å². The predicted molar refractivity (Wildman–Crippen MR) is 85.7 cm³/mol. The van der Waals surface area contributed by atoms with Gasteiger partial charge in [-0.1, -0.05) is 6.07 Å². The van der Waals surface area contributed by atoms with Crippen molar-refractivity contribution in [3.8, 4) is 11.1 Å². The minimum Gasteiger partial charge on any atom is -0.443 e. The SMILES string of the molecule is CC(C)(C)OC(=O)N1CCc2cc(-c3cn[nH]c3N)ccc21. The van der Waals surface area contributed by atoms with E-state index in [1.165, 1.54) is 0 Å². The maximum absolute atomic E-state index is 12.3. The summed E-state index contributed by atoms with van der Waals surface area (Å²) in [6.07, 6.45) is 2.21. The van der Waals surface area contributed by atoms with Gasteiger partial charge in [-0.3, -0.25) is 10.00 Å². The lowest BCUT2D eigenvalue weighted by atomic mass is 10.0. The van der Waals surface area contributed by atoms with E-state index in [1.54, 1.807) is 11.1 Å². The molecule has 22 heavy (non-hydrogen) atoms. The lowest BCUT2D eigenvalue weighted by Crippen LogP contribution is -2.35. The van der Waals surface area contributed by atoms with Gasteiger partial charge in [-0.05, 0) is 50.5 Å². The molecule has 6 heteroatoms. The number of nitrogens with zero attached hydrogens (tertiary/aromatic N) is 2. The maximum atomic E-state index is 12.3. The van der Waals surface area contributed by atoms with Gasteiger partial charge in [0.25, 0.3) is 0 Å². The van der Waals surface area contributed by atoms with E-state index >= 15 is 0 Å². The van der Waals surface area contributed by atoms with E-state index in [0.717, 1.165) is 28.8 Å². The van der Waals surface area contributed by atoms with Crippen LogP contribution in [-0.4, -0.2) is 28.4 Å². The second-order valence-electron chi connectivity index (χ2n) is 6.42. The van der Waals surface area contributed by atoms with Gasteiger partial charge in [0, 0.05) is 12.1 Å². The Morgan fingerprint density at radius 2 is 2.18 bits per heavy atom. The number of hydrogen-bond acceptors (Lipinski definition) is 4. The van der Waals surface area contributed by atoms with Crippen molar-refractivity contribution in [2.45, 2.75) is 32.8 Å². The van der Waals surface area contributed by atoms with Crippen molar-refractivity contribution >= 4 is 17.6 Å². The molecule has 6 nitrogen and oxygen atoms in total. The molecule has 116 valence electrons. The van der Waals surface area contributed by atoms with E-state index in [2.05, 4.69) is 16.3 Å². The van der Waals surface area contributed by atoms with Gasteiger partial charge in [-0.15, -0.1) is 0 Å². The van der Waals surface area contributed by atoms with Crippen molar-refractivity contribution in [3.63, 3.8) is 0 Å². The smallest absolute Gasteiger partial charge is 0.414 e. The summed E-state index contributed by atoms with van der Waals surface area (Å²) >= 11 is 0. The molecule has 1 amide bonds. The number of anilines is 2. The van der Waals surface area contributed by atoms with Crippen molar-refractivity contribution in [3.05, 3.63) is 30.0 Å². The van der Waals surface area contributed by atoms with E-state index in [-0.39, 0.29) is 6.09 Å². The molecule has 0 unspecified atom stereocenters. The van der Waals surface area contributed by atoms with Gasteiger partial charge in [0.2, 0.25) is 0 Å². The summed E-state index contributed by atoms with van der Waals surface area (Å²) < 4.78 is 5.45. The molecule has 0 aliphatic carbocycles. The second-order valence-corrected chi connectivity index (χ2v) is 6.42. The molecule has 1 aliphatic heterocycles. The highest BCUT2D eigenvalue weighted by molar-refractivity contribution is 5.91. The highest BCUT2D eigenvalue weighted by Crippen LogP contribution is 2.34. The van der Waals surface area contributed by atoms with Crippen molar-refractivity contribution in [1.82, 2.24) is 10.2 Å². The first-order valence-corrected chi connectivity index (χ1v) is 7.28. The van der Waals surface area contributed by atoms with Crippen LogP contribution < -0.4 is 10.6 Å². The van der Waals surface area contributed by atoms with E-state index in [9.17, 15) is 4.79 Å². The molecule has 0 radical (unpaired) electrons. The minimum absolute atomic E-state index is 0.304. The van der Waals surface area contributed by atoms with Crippen LogP contribution in [0.15, 0.2) is 24.4 Å². The number of carbonyl (C=O) groups is 1. The molecule has 3 N–H and O–H groups in total. The van der Waals surface area contributed by atoms with Gasteiger partial charge < -0.3 is 10.5 Å². The molecule has 2 aromatic rings. The summed E-state index contributed by atoms with van der Waals surface area (Å²) in [5.41, 5.74) is 9.25. The Bertz CT molecular complexity index is 715. The third-order valence-electron chi connectivity index (χ3n) is 3.57. The van der Waals surface area contributed by atoms with E-state index in [0.29, 0.717) is 12.4 Å². The average molecular weight is 300 g/mol. The zero-order valence-corrected chi connectivity index (χ0v) is 13.0. The standard InChI is InChI=1S/C16H20N4O2/c1-16(2,3)22-15(21)20-7-6-11-8-10(4-5-13(11)20)12-9-18-19-14(12)17/h4-5,8-9H,6-7H2,1-3H3,(H3,17,18,19). The highest BCUT2D eigenvalue weighted by Gasteiger charge is 2.29. The fourth-order valence-electron chi connectivity index (χ4n) is 2.60. The largest absolute Gasteiger partial charge is 0.443 e. The van der Waals surface area contributed by atoms with Crippen LogP contribution in [-0.2, 0) is 11.2 Å². The molecule has 0 spiro atoms. The molecule has 2 heterocycles. The molecule has 0 bridgehead atoms. The van der Waals surface area contributed by atoms with E-state index < -0.39 is 5.60 Å². The monoisotopic (exact) mass is 300 g/mol.